The Kier molecular flexibility index (Phi) is 11.2. The average molecular weight is 746 g/mol. The van der Waals surface area contributed by atoms with Gasteiger partial charge < -0.3 is 19.6 Å². The lowest BCUT2D eigenvalue weighted by Crippen LogP contribution is -2.11. The van der Waals surface area contributed by atoms with Crippen LogP contribution in [-0.2, 0) is 25.8 Å². The van der Waals surface area contributed by atoms with Gasteiger partial charge in [-0.2, -0.15) is 0 Å². The molecular weight excluding hydrogens is 687 g/mol. The number of hydrogen-bond donors (Lipinski definition) is 2. The predicted octanol–water partition coefficient (Wildman–Crippen LogP) is 12.8. The predicted molar refractivity (Wildman–Crippen MR) is 239 cm³/mol. The lowest BCUT2D eigenvalue weighted by Gasteiger charge is -2.17. The Morgan fingerprint density at radius 3 is 1.80 bits per heavy atom. The third kappa shape index (κ3) is 6.62. The fourth-order valence-corrected chi connectivity index (χ4v) is 9.34. The van der Waals surface area contributed by atoms with Gasteiger partial charge in [0.1, 0.15) is 5.75 Å². The second-order valence-corrected chi connectivity index (χ2v) is 15.4. The van der Waals surface area contributed by atoms with Crippen LogP contribution >= 0.6 is 0 Å². The zero-order valence-corrected chi connectivity index (χ0v) is 35.5. The van der Waals surface area contributed by atoms with Gasteiger partial charge >= 0.3 is 0 Å². The molecule has 5 heterocycles. The molecule has 7 rings (SSSR count). The van der Waals surface area contributed by atoms with Gasteiger partial charge in [-0.1, -0.05) is 77.9 Å². The number of allylic oxidation sites excluding steroid dienone is 4. The molecule has 6 nitrogen and oxygen atoms in total. The monoisotopic (exact) mass is 745 g/mol. The van der Waals surface area contributed by atoms with Crippen LogP contribution in [0.15, 0.2) is 60.7 Å². The second kappa shape index (κ2) is 16.1. The van der Waals surface area contributed by atoms with Crippen molar-refractivity contribution >= 4 is 44.4 Å². The molecule has 2 aromatic carbocycles. The van der Waals surface area contributed by atoms with Crippen molar-refractivity contribution in [1.29, 1.82) is 0 Å². The van der Waals surface area contributed by atoms with Crippen LogP contribution in [0.2, 0.25) is 0 Å². The van der Waals surface area contributed by atoms with Crippen LogP contribution in [0.1, 0.15) is 118 Å². The van der Waals surface area contributed by atoms with Gasteiger partial charge in [0.25, 0.3) is 0 Å². The summed E-state index contributed by atoms with van der Waals surface area (Å²) < 4.78 is 5.60. The number of hydrogen-bond acceptors (Lipinski definition) is 4. The van der Waals surface area contributed by atoms with Gasteiger partial charge in [0.2, 0.25) is 0 Å². The third-order valence-corrected chi connectivity index (χ3v) is 12.0. The third-order valence-electron chi connectivity index (χ3n) is 12.0. The molecule has 0 radical (unpaired) electrons. The van der Waals surface area contributed by atoms with E-state index < -0.39 is 0 Å². The van der Waals surface area contributed by atoms with Crippen molar-refractivity contribution in [2.24, 2.45) is 0 Å². The average Bonchev–Trinajstić information content (AvgIpc) is 3.91. The zero-order valence-electron chi connectivity index (χ0n) is 35.5. The van der Waals surface area contributed by atoms with Gasteiger partial charge in [-0.05, 0) is 152 Å². The quantitative estimate of drug-likeness (QED) is 0.141. The molecule has 0 unspecified atom stereocenters. The number of H-pyrrole nitrogens is 2. The van der Waals surface area contributed by atoms with Crippen LogP contribution < -0.4 is 4.74 Å². The standard InChI is InChI=1S/C50H59N5O/c1-12-34-29(7)47-45(31-22-24-33(56-11)25-23-31)48-30(8)35(13-2)42(52-48)27-44-37(15-4)39(17-6)50(54-44)46(40-21-19-18-20-32(40)28-55(9)10)49-38(16-5)36(14-3)43(53-49)26-41(34)51-47/h18-27,51,54H,12-17,28H2,1-11H3. The van der Waals surface area contributed by atoms with E-state index in [-0.39, 0.29) is 0 Å². The Morgan fingerprint density at radius 1 is 0.607 bits per heavy atom. The van der Waals surface area contributed by atoms with E-state index in [0.29, 0.717) is 0 Å². The van der Waals surface area contributed by atoms with Gasteiger partial charge in [-0.15, -0.1) is 0 Å². The van der Waals surface area contributed by atoms with Crippen molar-refractivity contribution in [3.63, 3.8) is 0 Å². The van der Waals surface area contributed by atoms with E-state index in [1.54, 1.807) is 7.11 Å². The Labute approximate surface area is 333 Å². The van der Waals surface area contributed by atoms with Crippen molar-refractivity contribution < 1.29 is 4.74 Å². The molecule has 0 atom stereocenters. The lowest BCUT2D eigenvalue weighted by molar-refractivity contribution is 0.403. The van der Waals surface area contributed by atoms with E-state index >= 15 is 0 Å². The van der Waals surface area contributed by atoms with Gasteiger partial charge in [-0.25, -0.2) is 9.97 Å². The minimum atomic E-state index is 0.833. The largest absolute Gasteiger partial charge is 0.497 e. The minimum Gasteiger partial charge on any atom is -0.497 e. The summed E-state index contributed by atoms with van der Waals surface area (Å²) >= 11 is 0. The number of aromatic amines is 2. The summed E-state index contributed by atoms with van der Waals surface area (Å²) in [5.74, 6) is 0.836. The summed E-state index contributed by atoms with van der Waals surface area (Å²) in [5, 5.41) is 0. The van der Waals surface area contributed by atoms with E-state index in [9.17, 15) is 0 Å². The van der Waals surface area contributed by atoms with Crippen molar-refractivity contribution in [2.75, 3.05) is 21.2 Å². The number of benzene rings is 2. The van der Waals surface area contributed by atoms with E-state index in [1.807, 2.05) is 0 Å². The SMILES string of the molecule is CCC1=C(C)c2nc1cc1[nH]c(c(CC)c1CC)c(-c1ccccc1CN(C)C)c1nc(cc3[nH]c(c(C)c3CC)c2-c2ccc(OC)cc2)C(CC)=C1CC. The Bertz CT molecular complexity index is 2540. The van der Waals surface area contributed by atoms with Gasteiger partial charge in [0, 0.05) is 28.7 Å². The number of rotatable bonds is 11. The maximum Gasteiger partial charge on any atom is 0.118 e. The molecule has 0 aliphatic carbocycles. The highest BCUT2D eigenvalue weighted by atomic mass is 16.5. The molecule has 0 amide bonds. The number of methoxy groups -OCH3 is 1. The molecule has 2 N–H and O–H groups in total. The highest BCUT2D eigenvalue weighted by molar-refractivity contribution is 6.04. The molecule has 2 aliphatic heterocycles. The molecule has 6 heteroatoms. The van der Waals surface area contributed by atoms with E-state index in [4.69, 9.17) is 14.7 Å². The zero-order chi connectivity index (χ0) is 39.8. The molecule has 56 heavy (non-hydrogen) atoms. The van der Waals surface area contributed by atoms with Crippen molar-refractivity contribution in [1.82, 2.24) is 24.8 Å². The van der Waals surface area contributed by atoms with Gasteiger partial charge in [0.15, 0.2) is 0 Å². The number of fused-ring (bicyclic) bond motifs is 8. The molecule has 0 saturated heterocycles. The molecule has 0 saturated carbocycles. The summed E-state index contributed by atoms with van der Waals surface area (Å²) in [6.45, 7) is 19.0. The lowest BCUT2D eigenvalue weighted by atomic mass is 9.91. The van der Waals surface area contributed by atoms with Crippen LogP contribution in [0.5, 0.6) is 5.75 Å². The summed E-state index contributed by atoms with van der Waals surface area (Å²) in [6.07, 6.45) is 5.39. The molecule has 0 fully saturated rings. The molecule has 2 aliphatic rings. The van der Waals surface area contributed by atoms with E-state index in [2.05, 4.69) is 145 Å². The summed E-state index contributed by atoms with van der Waals surface area (Å²) in [5.41, 5.74) is 25.1. The number of nitrogens with one attached hydrogen (secondary N) is 2. The van der Waals surface area contributed by atoms with Crippen molar-refractivity contribution in [3.8, 4) is 28.0 Å². The van der Waals surface area contributed by atoms with Crippen molar-refractivity contribution in [2.45, 2.75) is 100 Å². The van der Waals surface area contributed by atoms with Crippen LogP contribution in [0.25, 0.3) is 66.6 Å². The van der Waals surface area contributed by atoms with Crippen LogP contribution in [0.3, 0.4) is 0 Å². The van der Waals surface area contributed by atoms with Crippen LogP contribution in [0, 0.1) is 6.92 Å². The minimum absolute atomic E-state index is 0.833. The summed E-state index contributed by atoms with van der Waals surface area (Å²) in [7, 11) is 6.03. The fraction of sp³-hybridized carbons (Fsp3) is 0.360. The second-order valence-electron chi connectivity index (χ2n) is 15.4. The number of aromatic nitrogens is 4. The maximum atomic E-state index is 5.72. The Balaban J connectivity index is 1.78. The topological polar surface area (TPSA) is 69.8 Å². The summed E-state index contributed by atoms with van der Waals surface area (Å²) in [6, 6.07) is 22.1. The fourth-order valence-electron chi connectivity index (χ4n) is 9.34. The van der Waals surface area contributed by atoms with Gasteiger partial charge in [-0.3, -0.25) is 0 Å². The summed E-state index contributed by atoms with van der Waals surface area (Å²) in [4.78, 5) is 21.7. The first kappa shape index (κ1) is 39.1. The molecule has 5 aromatic rings. The first-order valence-corrected chi connectivity index (χ1v) is 20.7. The number of nitrogens with zero attached hydrogens (tertiary/aromatic N) is 3. The highest BCUT2D eigenvalue weighted by Gasteiger charge is 2.27. The normalized spacial score (nSPS) is 13.1. The maximum absolute atomic E-state index is 5.72. The number of ether oxygens (including phenoxy) is 1. The van der Waals surface area contributed by atoms with E-state index in [1.165, 1.54) is 66.8 Å². The molecule has 3 aromatic heterocycles. The number of aryl methyl sites for hydroxylation is 4. The van der Waals surface area contributed by atoms with Crippen molar-refractivity contribution in [3.05, 3.63) is 111 Å². The van der Waals surface area contributed by atoms with Crippen LogP contribution in [-0.4, -0.2) is 46.0 Å². The molecular formula is C50H59N5O. The molecule has 290 valence electrons. The smallest absolute Gasteiger partial charge is 0.118 e. The Hall–Kier alpha value is -5.20. The van der Waals surface area contributed by atoms with Gasteiger partial charge in [0.05, 0.1) is 40.9 Å². The van der Waals surface area contributed by atoms with Crippen LogP contribution in [0.4, 0.5) is 0 Å². The molecule has 0 spiro atoms. The highest BCUT2D eigenvalue weighted by Crippen LogP contribution is 2.45. The first-order valence-electron chi connectivity index (χ1n) is 20.7. The molecule has 8 bridgehead atoms. The Morgan fingerprint density at radius 2 is 1.20 bits per heavy atom. The first-order chi connectivity index (χ1) is 27.1. The van der Waals surface area contributed by atoms with E-state index in [0.717, 1.165) is 101 Å².